The van der Waals surface area contributed by atoms with E-state index in [2.05, 4.69) is 4.72 Å². The van der Waals surface area contributed by atoms with Gasteiger partial charge in [0.2, 0.25) is 10.0 Å². The molecule has 1 aromatic rings. The van der Waals surface area contributed by atoms with E-state index in [0.717, 1.165) is 11.0 Å². The lowest BCUT2D eigenvalue weighted by Crippen LogP contribution is -2.41. The Morgan fingerprint density at radius 3 is 2.00 bits per heavy atom. The van der Waals surface area contributed by atoms with Crippen molar-refractivity contribution in [1.82, 2.24) is 4.72 Å². The molecule has 0 saturated carbocycles. The Morgan fingerprint density at radius 2 is 1.55 bits per heavy atom. The van der Waals surface area contributed by atoms with Crippen molar-refractivity contribution in [3.63, 3.8) is 0 Å². The Bertz CT molecular complexity index is 609. The van der Waals surface area contributed by atoms with Crippen LogP contribution in [0.1, 0.15) is 40.2 Å². The number of sulfonamides is 1. The summed E-state index contributed by atoms with van der Waals surface area (Å²) in [6, 6.07) is 7.32. The molecule has 22 heavy (non-hydrogen) atoms. The maximum absolute atomic E-state index is 11.8. The van der Waals surface area contributed by atoms with Gasteiger partial charge < -0.3 is 9.31 Å². The Labute approximate surface area is 133 Å². The Morgan fingerprint density at radius 1 is 1.05 bits per heavy atom. The third-order valence-corrected chi connectivity index (χ3v) is 5.67. The van der Waals surface area contributed by atoms with Crippen molar-refractivity contribution in [1.29, 1.82) is 0 Å². The monoisotopic (exact) mass is 325 g/mol. The summed E-state index contributed by atoms with van der Waals surface area (Å²) in [5.41, 5.74) is 0.861. The zero-order chi connectivity index (χ0) is 16.6. The van der Waals surface area contributed by atoms with Gasteiger partial charge in [0.25, 0.3) is 0 Å². The maximum Gasteiger partial charge on any atom is 0.494 e. The van der Waals surface area contributed by atoms with Crippen LogP contribution in [0, 0.1) is 0 Å². The molecule has 7 heteroatoms. The molecule has 0 bridgehead atoms. The van der Waals surface area contributed by atoms with Crippen molar-refractivity contribution < 1.29 is 17.7 Å². The average molecular weight is 325 g/mol. The Hall–Kier alpha value is -0.885. The van der Waals surface area contributed by atoms with Gasteiger partial charge in [-0.2, -0.15) is 0 Å². The van der Waals surface area contributed by atoms with E-state index in [4.69, 9.17) is 9.31 Å². The maximum atomic E-state index is 11.8. The van der Waals surface area contributed by atoms with Crippen LogP contribution in [0.15, 0.2) is 24.3 Å². The van der Waals surface area contributed by atoms with Crippen molar-refractivity contribution in [2.75, 3.05) is 6.54 Å². The molecule has 0 atom stereocenters. The summed E-state index contributed by atoms with van der Waals surface area (Å²) in [6.45, 7) is 10.2. The second kappa shape index (κ2) is 5.96. The molecule has 0 amide bonds. The minimum absolute atomic E-state index is 0.0233. The third-order valence-electron chi connectivity index (χ3n) is 4.23. The largest absolute Gasteiger partial charge is 0.494 e. The Kier molecular flexibility index (Phi) is 4.73. The van der Waals surface area contributed by atoms with Crippen LogP contribution in [0.4, 0.5) is 0 Å². The first kappa shape index (κ1) is 17.5. The molecule has 1 N–H and O–H groups in total. The van der Waals surface area contributed by atoms with E-state index in [9.17, 15) is 8.42 Å². The van der Waals surface area contributed by atoms with Crippen molar-refractivity contribution in [2.24, 2.45) is 0 Å². The summed E-state index contributed by atoms with van der Waals surface area (Å²) in [6.07, 6.45) is 0. The zero-order valence-electron chi connectivity index (χ0n) is 13.8. The predicted octanol–water partition coefficient (Wildman–Crippen LogP) is 1.43. The third kappa shape index (κ3) is 3.71. The predicted molar refractivity (Wildman–Crippen MR) is 88.5 cm³/mol. The molecule has 0 radical (unpaired) electrons. The van der Waals surface area contributed by atoms with E-state index >= 15 is 0 Å². The molecule has 1 aromatic carbocycles. The fourth-order valence-corrected chi connectivity index (χ4v) is 3.41. The van der Waals surface area contributed by atoms with Gasteiger partial charge in [-0.15, -0.1) is 0 Å². The molecule has 5 nitrogen and oxygen atoms in total. The first-order valence-corrected chi connectivity index (χ1v) is 9.13. The Balaban J connectivity index is 2.11. The number of hydrogen-bond donors (Lipinski definition) is 1. The van der Waals surface area contributed by atoms with Crippen molar-refractivity contribution in [3.05, 3.63) is 29.8 Å². The van der Waals surface area contributed by atoms with Crippen molar-refractivity contribution >= 4 is 22.6 Å². The molecular formula is C15H24BNO4S. The molecule has 122 valence electrons. The second-order valence-corrected chi connectivity index (χ2v) is 8.39. The van der Waals surface area contributed by atoms with Gasteiger partial charge in [-0.05, 0) is 38.7 Å². The van der Waals surface area contributed by atoms with Gasteiger partial charge in [0.15, 0.2) is 0 Å². The van der Waals surface area contributed by atoms with Crippen LogP contribution in [-0.4, -0.2) is 33.3 Å². The molecule has 1 aliphatic rings. The van der Waals surface area contributed by atoms with Crippen LogP contribution in [0.25, 0.3) is 0 Å². The van der Waals surface area contributed by atoms with Gasteiger partial charge in [-0.25, -0.2) is 13.1 Å². The summed E-state index contributed by atoms with van der Waals surface area (Å²) in [7, 11) is -3.69. The number of nitrogens with one attached hydrogen (secondary N) is 1. The quantitative estimate of drug-likeness (QED) is 0.832. The highest BCUT2D eigenvalue weighted by Gasteiger charge is 2.51. The lowest BCUT2D eigenvalue weighted by atomic mass is 9.79. The molecular weight excluding hydrogens is 301 g/mol. The summed E-state index contributed by atoms with van der Waals surface area (Å²) in [5.74, 6) is -0.0233. The van der Waals surface area contributed by atoms with Crippen LogP contribution >= 0.6 is 0 Å². The topological polar surface area (TPSA) is 64.6 Å². The van der Waals surface area contributed by atoms with Gasteiger partial charge in [0.1, 0.15) is 0 Å². The standard InChI is InChI=1S/C15H24BNO4S/c1-6-17-22(18,19)11-12-7-9-13(10-8-12)16-20-14(2,3)15(4,5)21-16/h7-10,17H,6,11H2,1-5H3. The number of rotatable bonds is 5. The van der Waals surface area contributed by atoms with Gasteiger partial charge in [0, 0.05) is 6.54 Å². The molecule has 0 aliphatic carbocycles. The van der Waals surface area contributed by atoms with Crippen molar-refractivity contribution in [2.45, 2.75) is 51.6 Å². The van der Waals surface area contributed by atoms with E-state index in [1.165, 1.54) is 0 Å². The summed E-state index contributed by atoms with van der Waals surface area (Å²) >= 11 is 0. The highest BCUT2D eigenvalue weighted by atomic mass is 32.2. The molecule has 1 heterocycles. The molecule has 0 aromatic heterocycles. The lowest BCUT2D eigenvalue weighted by Gasteiger charge is -2.32. The zero-order valence-corrected chi connectivity index (χ0v) is 14.7. The smallest absolute Gasteiger partial charge is 0.399 e. The van der Waals surface area contributed by atoms with E-state index in [0.29, 0.717) is 6.54 Å². The van der Waals surface area contributed by atoms with Crippen LogP contribution in [0.2, 0.25) is 0 Å². The SMILES string of the molecule is CCNS(=O)(=O)Cc1ccc(B2OC(C)(C)C(C)(C)O2)cc1. The summed E-state index contributed by atoms with van der Waals surface area (Å²) < 4.78 is 37.9. The van der Waals surface area contributed by atoms with Gasteiger partial charge in [-0.3, -0.25) is 0 Å². The fourth-order valence-electron chi connectivity index (χ4n) is 2.24. The van der Waals surface area contributed by atoms with Gasteiger partial charge >= 0.3 is 7.12 Å². The van der Waals surface area contributed by atoms with Crippen LogP contribution < -0.4 is 10.2 Å². The van der Waals surface area contributed by atoms with E-state index in [1.807, 2.05) is 39.8 Å². The van der Waals surface area contributed by atoms with Gasteiger partial charge in [0.05, 0.1) is 17.0 Å². The van der Waals surface area contributed by atoms with Crippen LogP contribution in [0.3, 0.4) is 0 Å². The molecule has 2 rings (SSSR count). The van der Waals surface area contributed by atoms with Crippen LogP contribution in [0.5, 0.6) is 0 Å². The average Bonchev–Trinajstić information content (AvgIpc) is 2.58. The molecule has 0 unspecified atom stereocenters. The molecule has 1 fully saturated rings. The van der Waals surface area contributed by atoms with Gasteiger partial charge in [-0.1, -0.05) is 31.2 Å². The minimum Gasteiger partial charge on any atom is -0.399 e. The molecule has 1 saturated heterocycles. The lowest BCUT2D eigenvalue weighted by molar-refractivity contribution is 0.00578. The normalized spacial score (nSPS) is 20.3. The minimum atomic E-state index is -3.27. The fraction of sp³-hybridized carbons (Fsp3) is 0.600. The summed E-state index contributed by atoms with van der Waals surface area (Å²) in [4.78, 5) is 0. The van der Waals surface area contributed by atoms with E-state index < -0.39 is 17.1 Å². The molecule has 1 aliphatic heterocycles. The number of benzene rings is 1. The highest BCUT2D eigenvalue weighted by Crippen LogP contribution is 2.36. The number of hydrogen-bond acceptors (Lipinski definition) is 4. The summed E-state index contributed by atoms with van der Waals surface area (Å²) in [5, 5.41) is 0. The van der Waals surface area contributed by atoms with E-state index in [1.54, 1.807) is 19.1 Å². The van der Waals surface area contributed by atoms with Crippen LogP contribution in [-0.2, 0) is 25.1 Å². The second-order valence-electron chi connectivity index (χ2n) is 6.59. The van der Waals surface area contributed by atoms with E-state index in [-0.39, 0.29) is 17.0 Å². The molecule has 0 spiro atoms. The van der Waals surface area contributed by atoms with Crippen molar-refractivity contribution in [3.8, 4) is 0 Å². The highest BCUT2D eigenvalue weighted by molar-refractivity contribution is 7.88. The first-order chi connectivity index (χ1) is 10.1. The first-order valence-electron chi connectivity index (χ1n) is 7.48.